The lowest BCUT2D eigenvalue weighted by Gasteiger charge is -2.13. The van der Waals surface area contributed by atoms with Crippen LogP contribution in [0.4, 0.5) is 24.7 Å². The van der Waals surface area contributed by atoms with Gasteiger partial charge in [-0.15, -0.1) is 0 Å². The van der Waals surface area contributed by atoms with Gasteiger partial charge in [0.25, 0.3) is 5.92 Å². The number of nitrogens with zero attached hydrogens (tertiary/aromatic N) is 3. The number of alkyl halides is 2. The fourth-order valence-electron chi connectivity index (χ4n) is 1.91. The van der Waals surface area contributed by atoms with E-state index in [4.69, 9.17) is 10.3 Å². The Balaban J connectivity index is 2.06. The van der Waals surface area contributed by atoms with Crippen LogP contribution in [0.1, 0.15) is 12.5 Å². The Kier molecular flexibility index (Phi) is 6.10. The van der Waals surface area contributed by atoms with Crippen LogP contribution in [0, 0.1) is 11.3 Å². The Hall–Kier alpha value is -3.17. The van der Waals surface area contributed by atoms with E-state index in [0.29, 0.717) is 12.7 Å². The van der Waals surface area contributed by atoms with E-state index in [1.165, 1.54) is 18.5 Å². The molecule has 3 N–H and O–H groups in total. The van der Waals surface area contributed by atoms with Crippen LogP contribution in [-0.2, 0) is 5.92 Å². The number of ether oxygens (including phenoxy) is 1. The molecule has 2 aromatic rings. The van der Waals surface area contributed by atoms with Crippen LogP contribution < -0.4 is 15.4 Å². The topological polar surface area (TPSA) is 95.3 Å². The summed E-state index contributed by atoms with van der Waals surface area (Å²) in [7, 11) is 1.69. The Morgan fingerprint density at radius 3 is 2.81 bits per heavy atom. The van der Waals surface area contributed by atoms with E-state index in [-0.39, 0.29) is 24.0 Å². The summed E-state index contributed by atoms with van der Waals surface area (Å²) in [6.07, 6.45) is 2.79. The molecule has 1 aromatic carbocycles. The first kappa shape index (κ1) is 19.2. The maximum atomic E-state index is 13.5. The molecule has 0 unspecified atom stereocenters. The predicted octanol–water partition coefficient (Wildman–Crippen LogP) is 4.13. The van der Waals surface area contributed by atoms with Gasteiger partial charge >= 0.3 is 6.01 Å². The summed E-state index contributed by atoms with van der Waals surface area (Å²) in [5.41, 5.74) is 6.79. The number of hydrogen-bond acceptors (Lipinski definition) is 7. The molecule has 1 heterocycles. The van der Waals surface area contributed by atoms with E-state index >= 15 is 0 Å². The molecule has 0 aliphatic heterocycles. The minimum Gasteiger partial charge on any atom is -0.457 e. The number of anilines is 2. The normalized spacial score (nSPS) is 11.8. The zero-order valence-electron chi connectivity index (χ0n) is 14.1. The van der Waals surface area contributed by atoms with Crippen molar-refractivity contribution in [2.75, 3.05) is 24.3 Å². The monoisotopic (exact) mass is 366 g/mol. The Labute approximate surface area is 147 Å². The summed E-state index contributed by atoms with van der Waals surface area (Å²) in [6.45, 7) is 0.490. The molecule has 2 rings (SSSR count). The summed E-state index contributed by atoms with van der Waals surface area (Å²) in [5.74, 6) is -3.75. The van der Waals surface area contributed by atoms with Crippen LogP contribution in [0.2, 0.25) is 0 Å². The first-order chi connectivity index (χ1) is 12.3. The molecule has 0 saturated heterocycles. The van der Waals surface area contributed by atoms with Crippen molar-refractivity contribution in [3.05, 3.63) is 53.7 Å². The maximum absolute atomic E-state index is 13.5. The number of hydrogen-bond donors (Lipinski definition) is 3. The van der Waals surface area contributed by atoms with E-state index < -0.39 is 17.3 Å². The van der Waals surface area contributed by atoms with Gasteiger partial charge in [-0.1, -0.05) is 0 Å². The smallest absolute Gasteiger partial charge is 0.318 e. The molecule has 0 atom stereocenters. The molecule has 7 nitrogen and oxygen atoms in total. The lowest BCUT2D eigenvalue weighted by atomic mass is 10.1. The molecule has 0 fully saturated rings. The molecule has 0 saturated carbocycles. The molecule has 0 aliphatic carbocycles. The third-order valence-electron chi connectivity index (χ3n) is 3.23. The van der Waals surface area contributed by atoms with Crippen LogP contribution in [0.3, 0.4) is 0 Å². The summed E-state index contributed by atoms with van der Waals surface area (Å²) in [4.78, 5) is 7.96. The van der Waals surface area contributed by atoms with Gasteiger partial charge in [0.05, 0.1) is 5.56 Å². The Bertz CT molecular complexity index is 807. The van der Waals surface area contributed by atoms with Crippen molar-refractivity contribution in [3.63, 3.8) is 0 Å². The molecular weight excluding hydrogens is 349 g/mol. The fraction of sp³-hybridized carbons (Fsp3) is 0.250. The van der Waals surface area contributed by atoms with E-state index in [9.17, 15) is 13.2 Å². The highest BCUT2D eigenvalue weighted by Crippen LogP contribution is 2.31. The van der Waals surface area contributed by atoms with Gasteiger partial charge < -0.3 is 15.4 Å². The van der Waals surface area contributed by atoms with Crippen molar-refractivity contribution < 1.29 is 17.9 Å². The van der Waals surface area contributed by atoms with Crippen molar-refractivity contribution in [2.24, 2.45) is 5.11 Å². The summed E-state index contributed by atoms with van der Waals surface area (Å²) < 4.78 is 45.5. The van der Waals surface area contributed by atoms with Gasteiger partial charge in [-0.2, -0.15) is 10.1 Å². The third-order valence-corrected chi connectivity index (χ3v) is 3.23. The standard InChI is InChI=1S/C16H17F3N6O/c1-16(18,19)12-7-10(3-4-13(12)17)23-8-11(25-20)9-26-15-22-6-5-14(21-2)24-15/h3-8,20,23H,9H2,1-2H3,(H,21,22,24)/b11-8-,25-20?. The molecule has 0 amide bonds. The second-order valence-corrected chi connectivity index (χ2v) is 5.24. The van der Waals surface area contributed by atoms with Gasteiger partial charge in [-0.25, -0.2) is 23.7 Å². The molecule has 10 heteroatoms. The first-order valence-corrected chi connectivity index (χ1v) is 7.48. The largest absolute Gasteiger partial charge is 0.457 e. The molecule has 26 heavy (non-hydrogen) atoms. The minimum absolute atomic E-state index is 0.0843. The average Bonchev–Trinajstić information content (AvgIpc) is 2.62. The van der Waals surface area contributed by atoms with Gasteiger partial charge in [-0.3, -0.25) is 0 Å². The van der Waals surface area contributed by atoms with Crippen LogP contribution in [0.5, 0.6) is 6.01 Å². The lowest BCUT2D eigenvalue weighted by Crippen LogP contribution is -2.10. The van der Waals surface area contributed by atoms with Crippen LogP contribution >= 0.6 is 0 Å². The number of halogens is 3. The predicted molar refractivity (Wildman–Crippen MR) is 89.9 cm³/mol. The summed E-state index contributed by atoms with van der Waals surface area (Å²) in [6, 6.07) is 4.96. The fourth-order valence-corrected chi connectivity index (χ4v) is 1.91. The van der Waals surface area contributed by atoms with Crippen molar-refractivity contribution in [1.29, 1.82) is 5.53 Å². The summed E-state index contributed by atoms with van der Waals surface area (Å²) in [5, 5.41) is 8.79. The number of nitrogens with one attached hydrogen (secondary N) is 3. The number of aromatic nitrogens is 2. The van der Waals surface area contributed by atoms with E-state index in [2.05, 4.69) is 25.7 Å². The first-order valence-electron chi connectivity index (χ1n) is 7.48. The quantitative estimate of drug-likeness (QED) is 0.611. The third kappa shape index (κ3) is 5.16. The van der Waals surface area contributed by atoms with Crippen molar-refractivity contribution in [3.8, 4) is 6.01 Å². The minimum atomic E-state index is -3.31. The molecule has 1 aromatic heterocycles. The van der Waals surface area contributed by atoms with Gasteiger partial charge in [0.2, 0.25) is 0 Å². The zero-order chi connectivity index (χ0) is 19.2. The highest BCUT2D eigenvalue weighted by Gasteiger charge is 2.28. The average molecular weight is 366 g/mol. The Morgan fingerprint density at radius 1 is 1.38 bits per heavy atom. The maximum Gasteiger partial charge on any atom is 0.318 e. The van der Waals surface area contributed by atoms with Crippen molar-refractivity contribution in [2.45, 2.75) is 12.8 Å². The zero-order valence-corrected chi connectivity index (χ0v) is 14.1. The van der Waals surface area contributed by atoms with Crippen molar-refractivity contribution >= 4 is 11.5 Å². The lowest BCUT2D eigenvalue weighted by molar-refractivity contribution is 0.0138. The van der Waals surface area contributed by atoms with E-state index in [0.717, 1.165) is 12.1 Å². The van der Waals surface area contributed by atoms with Crippen molar-refractivity contribution in [1.82, 2.24) is 9.97 Å². The van der Waals surface area contributed by atoms with Crippen LogP contribution in [-0.4, -0.2) is 23.6 Å². The molecule has 0 aliphatic rings. The molecule has 0 radical (unpaired) electrons. The highest BCUT2D eigenvalue weighted by molar-refractivity contribution is 5.49. The molecular formula is C16H17F3N6O. The van der Waals surface area contributed by atoms with Crippen LogP contribution in [0.25, 0.3) is 0 Å². The van der Waals surface area contributed by atoms with Gasteiger partial charge in [0, 0.05) is 32.1 Å². The van der Waals surface area contributed by atoms with E-state index in [1.807, 2.05) is 0 Å². The second-order valence-electron chi connectivity index (χ2n) is 5.24. The van der Waals surface area contributed by atoms with Gasteiger partial charge in [-0.05, 0) is 24.3 Å². The number of rotatable bonds is 8. The Morgan fingerprint density at radius 2 is 2.15 bits per heavy atom. The molecule has 0 bridgehead atoms. The van der Waals surface area contributed by atoms with Crippen LogP contribution in [0.15, 0.2) is 47.5 Å². The highest BCUT2D eigenvalue weighted by atomic mass is 19.3. The second kappa shape index (κ2) is 8.28. The summed E-state index contributed by atoms with van der Waals surface area (Å²) >= 11 is 0. The van der Waals surface area contributed by atoms with E-state index in [1.54, 1.807) is 13.1 Å². The van der Waals surface area contributed by atoms with Gasteiger partial charge in [0.15, 0.2) is 0 Å². The number of benzene rings is 1. The van der Waals surface area contributed by atoms with Gasteiger partial charge in [0.1, 0.15) is 23.9 Å². The SMILES string of the molecule is CNc1ccnc(OC/C(=C/Nc2ccc(F)c(C(C)(F)F)c2)N=N)n1. The molecule has 138 valence electrons. The molecule has 0 spiro atoms.